The van der Waals surface area contributed by atoms with E-state index in [2.05, 4.69) is 5.32 Å². The van der Waals surface area contributed by atoms with Crippen LogP contribution >= 0.6 is 23.2 Å². The standard InChI is InChI=1S/C15H15Cl2N3O/c16-12-4-5-14(17)11(7-12)9-21-13-3-1-2-10(6-13)8-20-15(18)19/h1-7H,8-9H2,(H4,18,19,20). The number of rotatable bonds is 5. The SMILES string of the molecule is N=C(N)NCc1cccc(OCc2cc(Cl)ccc2Cl)c1. The van der Waals surface area contributed by atoms with Crippen molar-refractivity contribution in [1.82, 2.24) is 5.32 Å². The Morgan fingerprint density at radius 3 is 2.76 bits per heavy atom. The summed E-state index contributed by atoms with van der Waals surface area (Å²) in [6.45, 7) is 0.813. The molecule has 0 heterocycles. The maximum atomic E-state index is 7.14. The van der Waals surface area contributed by atoms with Crippen molar-refractivity contribution in [3.05, 3.63) is 63.6 Å². The van der Waals surface area contributed by atoms with Crippen molar-refractivity contribution in [1.29, 1.82) is 5.41 Å². The van der Waals surface area contributed by atoms with E-state index in [0.29, 0.717) is 28.9 Å². The van der Waals surface area contributed by atoms with Crippen LogP contribution in [0.5, 0.6) is 5.75 Å². The van der Waals surface area contributed by atoms with Crippen LogP contribution in [-0.2, 0) is 13.2 Å². The first-order valence-corrected chi connectivity index (χ1v) is 7.04. The molecule has 2 rings (SSSR count). The molecular formula is C15H15Cl2N3O. The van der Waals surface area contributed by atoms with Gasteiger partial charge in [-0.1, -0.05) is 35.3 Å². The lowest BCUT2D eigenvalue weighted by molar-refractivity contribution is 0.306. The summed E-state index contributed by atoms with van der Waals surface area (Å²) in [4.78, 5) is 0. The molecule has 2 aromatic carbocycles. The summed E-state index contributed by atoms with van der Waals surface area (Å²) in [5.41, 5.74) is 7.06. The fraction of sp³-hybridized carbons (Fsp3) is 0.133. The predicted molar refractivity (Wildman–Crippen MR) is 86.0 cm³/mol. The molecule has 0 aliphatic heterocycles. The molecule has 0 spiro atoms. The van der Waals surface area contributed by atoms with Gasteiger partial charge >= 0.3 is 0 Å². The molecule has 0 aromatic heterocycles. The van der Waals surface area contributed by atoms with E-state index in [1.165, 1.54) is 0 Å². The van der Waals surface area contributed by atoms with E-state index in [-0.39, 0.29) is 5.96 Å². The van der Waals surface area contributed by atoms with Gasteiger partial charge in [-0.2, -0.15) is 0 Å². The van der Waals surface area contributed by atoms with E-state index in [0.717, 1.165) is 11.1 Å². The van der Waals surface area contributed by atoms with Gasteiger partial charge in [-0.3, -0.25) is 5.41 Å². The van der Waals surface area contributed by atoms with Gasteiger partial charge in [-0.05, 0) is 35.9 Å². The molecule has 0 unspecified atom stereocenters. The quantitative estimate of drug-likeness (QED) is 0.582. The highest BCUT2D eigenvalue weighted by atomic mass is 35.5. The Morgan fingerprint density at radius 2 is 2.00 bits per heavy atom. The predicted octanol–water partition coefficient (Wildman–Crippen LogP) is 3.56. The zero-order valence-corrected chi connectivity index (χ0v) is 12.7. The Hall–Kier alpha value is -1.91. The monoisotopic (exact) mass is 323 g/mol. The van der Waals surface area contributed by atoms with E-state index in [1.807, 2.05) is 24.3 Å². The van der Waals surface area contributed by atoms with Crippen LogP contribution in [0, 0.1) is 5.41 Å². The van der Waals surface area contributed by atoms with Gasteiger partial charge in [-0.25, -0.2) is 0 Å². The highest BCUT2D eigenvalue weighted by Gasteiger charge is 2.03. The molecule has 4 N–H and O–H groups in total. The molecule has 6 heteroatoms. The summed E-state index contributed by atoms with van der Waals surface area (Å²) in [6, 6.07) is 12.8. The van der Waals surface area contributed by atoms with Crippen molar-refractivity contribution in [2.45, 2.75) is 13.2 Å². The van der Waals surface area contributed by atoms with Gasteiger partial charge in [0.05, 0.1) is 0 Å². The van der Waals surface area contributed by atoms with Gasteiger partial charge in [0, 0.05) is 22.2 Å². The maximum absolute atomic E-state index is 7.14. The third-order valence-electron chi connectivity index (χ3n) is 2.78. The minimum absolute atomic E-state index is 0.0629. The molecule has 21 heavy (non-hydrogen) atoms. The van der Waals surface area contributed by atoms with Gasteiger partial charge in [-0.15, -0.1) is 0 Å². The molecule has 0 saturated heterocycles. The molecule has 110 valence electrons. The summed E-state index contributed by atoms with van der Waals surface area (Å²) in [6.07, 6.45) is 0. The highest BCUT2D eigenvalue weighted by molar-refractivity contribution is 6.33. The molecule has 0 amide bonds. The zero-order chi connectivity index (χ0) is 15.2. The summed E-state index contributed by atoms with van der Waals surface area (Å²) < 4.78 is 5.72. The first-order valence-electron chi connectivity index (χ1n) is 6.28. The average molecular weight is 324 g/mol. The number of ether oxygens (including phenoxy) is 1. The van der Waals surface area contributed by atoms with Crippen LogP contribution < -0.4 is 15.8 Å². The lowest BCUT2D eigenvalue weighted by atomic mass is 10.2. The van der Waals surface area contributed by atoms with Crippen molar-refractivity contribution < 1.29 is 4.74 Å². The summed E-state index contributed by atoms with van der Waals surface area (Å²) in [5.74, 6) is 0.654. The Bertz CT molecular complexity index is 647. The Balaban J connectivity index is 2.01. The van der Waals surface area contributed by atoms with E-state index < -0.39 is 0 Å². The molecule has 0 saturated carbocycles. The minimum Gasteiger partial charge on any atom is -0.489 e. The first-order chi connectivity index (χ1) is 10.0. The largest absolute Gasteiger partial charge is 0.489 e. The minimum atomic E-state index is -0.0629. The Kier molecular flexibility index (Phi) is 5.31. The van der Waals surface area contributed by atoms with Crippen LogP contribution in [0.4, 0.5) is 0 Å². The smallest absolute Gasteiger partial charge is 0.185 e. The van der Waals surface area contributed by atoms with Crippen LogP contribution in [0.2, 0.25) is 10.0 Å². The lowest BCUT2D eigenvalue weighted by Crippen LogP contribution is -2.29. The number of hydrogen-bond donors (Lipinski definition) is 3. The van der Waals surface area contributed by atoms with Crippen LogP contribution in [0.25, 0.3) is 0 Å². The highest BCUT2D eigenvalue weighted by Crippen LogP contribution is 2.23. The van der Waals surface area contributed by atoms with Gasteiger partial charge in [0.1, 0.15) is 12.4 Å². The van der Waals surface area contributed by atoms with Crippen molar-refractivity contribution in [2.24, 2.45) is 5.73 Å². The second-order valence-electron chi connectivity index (χ2n) is 4.44. The number of halogens is 2. The van der Waals surface area contributed by atoms with E-state index in [4.69, 9.17) is 39.1 Å². The molecule has 0 aliphatic carbocycles. The topological polar surface area (TPSA) is 71.1 Å². The Labute approximate surface area is 133 Å². The van der Waals surface area contributed by atoms with Crippen molar-refractivity contribution in [2.75, 3.05) is 0 Å². The molecule has 0 bridgehead atoms. The number of benzene rings is 2. The zero-order valence-electron chi connectivity index (χ0n) is 11.2. The molecule has 0 radical (unpaired) electrons. The van der Waals surface area contributed by atoms with Crippen molar-refractivity contribution >= 4 is 29.2 Å². The summed E-state index contributed by atoms with van der Waals surface area (Å²) in [7, 11) is 0. The molecule has 0 atom stereocenters. The van der Waals surface area contributed by atoms with Gasteiger partial charge in [0.2, 0.25) is 0 Å². The third-order valence-corrected chi connectivity index (χ3v) is 3.39. The summed E-state index contributed by atoms with van der Waals surface area (Å²) >= 11 is 12.0. The molecule has 2 aromatic rings. The van der Waals surface area contributed by atoms with Crippen LogP contribution in [0.1, 0.15) is 11.1 Å². The van der Waals surface area contributed by atoms with E-state index in [1.54, 1.807) is 18.2 Å². The lowest BCUT2D eigenvalue weighted by Gasteiger charge is -2.10. The average Bonchev–Trinajstić information content (AvgIpc) is 2.46. The maximum Gasteiger partial charge on any atom is 0.185 e. The second-order valence-corrected chi connectivity index (χ2v) is 5.28. The first kappa shape index (κ1) is 15.5. The van der Waals surface area contributed by atoms with Crippen LogP contribution in [0.15, 0.2) is 42.5 Å². The number of nitrogens with one attached hydrogen (secondary N) is 2. The number of hydrogen-bond acceptors (Lipinski definition) is 2. The molecule has 0 fully saturated rings. The fourth-order valence-electron chi connectivity index (χ4n) is 1.76. The molecule has 0 aliphatic rings. The van der Waals surface area contributed by atoms with Crippen LogP contribution in [0.3, 0.4) is 0 Å². The summed E-state index contributed by atoms with van der Waals surface area (Å²) in [5, 5.41) is 11.1. The van der Waals surface area contributed by atoms with Gasteiger partial charge in [0.25, 0.3) is 0 Å². The molecule has 4 nitrogen and oxygen atoms in total. The van der Waals surface area contributed by atoms with E-state index in [9.17, 15) is 0 Å². The third kappa shape index (κ3) is 4.85. The fourth-order valence-corrected chi connectivity index (χ4v) is 2.12. The van der Waals surface area contributed by atoms with Gasteiger partial charge < -0.3 is 15.8 Å². The number of nitrogens with two attached hydrogens (primary N) is 1. The second kappa shape index (κ2) is 7.20. The van der Waals surface area contributed by atoms with Gasteiger partial charge in [0.15, 0.2) is 5.96 Å². The molecular weight excluding hydrogens is 309 g/mol. The Morgan fingerprint density at radius 1 is 1.19 bits per heavy atom. The number of guanidine groups is 1. The normalized spacial score (nSPS) is 10.2. The van der Waals surface area contributed by atoms with Crippen molar-refractivity contribution in [3.8, 4) is 5.75 Å². The van der Waals surface area contributed by atoms with Crippen molar-refractivity contribution in [3.63, 3.8) is 0 Å². The van der Waals surface area contributed by atoms with E-state index >= 15 is 0 Å². The van der Waals surface area contributed by atoms with Crippen LogP contribution in [-0.4, -0.2) is 5.96 Å².